The van der Waals surface area contributed by atoms with Crippen molar-refractivity contribution in [3.05, 3.63) is 0 Å². The van der Waals surface area contributed by atoms with Crippen molar-refractivity contribution in [2.75, 3.05) is 13.1 Å². The second-order valence-electron chi connectivity index (χ2n) is 4.72. The van der Waals surface area contributed by atoms with Gasteiger partial charge in [-0.15, -0.1) is 0 Å². The molecule has 1 saturated carbocycles. The maximum atomic E-state index is 13.3. The van der Waals surface area contributed by atoms with E-state index < -0.39 is 5.92 Å². The Morgan fingerprint density at radius 3 is 2.46 bits per heavy atom. The van der Waals surface area contributed by atoms with Crippen LogP contribution in [0.1, 0.15) is 20.3 Å². The summed E-state index contributed by atoms with van der Waals surface area (Å²) in [6, 6.07) is 0. The maximum absolute atomic E-state index is 13.3. The smallest absolute Gasteiger partial charge is 0.255 e. The zero-order valence-corrected chi connectivity index (χ0v) is 8.19. The second kappa shape index (κ2) is 2.91. The minimum Gasteiger partial charge on any atom is -0.316 e. The molecule has 0 aromatic heterocycles. The van der Waals surface area contributed by atoms with E-state index in [4.69, 9.17) is 0 Å². The Bertz CT molecular complexity index is 197. The molecule has 1 aliphatic heterocycles. The summed E-state index contributed by atoms with van der Waals surface area (Å²) in [5, 5.41) is 3.16. The van der Waals surface area contributed by atoms with Crippen LogP contribution in [0, 0.1) is 23.7 Å². The third-order valence-electron chi connectivity index (χ3n) is 3.49. The van der Waals surface area contributed by atoms with Crippen molar-refractivity contribution < 1.29 is 8.78 Å². The van der Waals surface area contributed by atoms with E-state index in [0.717, 1.165) is 19.5 Å². The van der Waals surface area contributed by atoms with Crippen molar-refractivity contribution in [2.24, 2.45) is 23.7 Å². The molecule has 0 spiro atoms. The fourth-order valence-electron chi connectivity index (χ4n) is 2.83. The summed E-state index contributed by atoms with van der Waals surface area (Å²) in [6.45, 7) is 5.52. The Morgan fingerprint density at radius 1 is 1.38 bits per heavy atom. The molecule has 0 aromatic carbocycles. The van der Waals surface area contributed by atoms with Crippen LogP contribution in [0.5, 0.6) is 0 Å². The van der Waals surface area contributed by atoms with Crippen molar-refractivity contribution in [1.82, 2.24) is 5.32 Å². The molecule has 2 aliphatic rings. The van der Waals surface area contributed by atoms with Gasteiger partial charge in [0.1, 0.15) is 0 Å². The van der Waals surface area contributed by atoms with Gasteiger partial charge < -0.3 is 5.32 Å². The van der Waals surface area contributed by atoms with Gasteiger partial charge in [-0.25, -0.2) is 8.78 Å². The van der Waals surface area contributed by atoms with Crippen LogP contribution in [0.25, 0.3) is 0 Å². The summed E-state index contributed by atoms with van der Waals surface area (Å²) < 4.78 is 26.7. The van der Waals surface area contributed by atoms with Gasteiger partial charge in [-0.2, -0.15) is 0 Å². The molecule has 13 heavy (non-hydrogen) atoms. The third kappa shape index (κ3) is 1.37. The van der Waals surface area contributed by atoms with Gasteiger partial charge in [-0.3, -0.25) is 0 Å². The van der Waals surface area contributed by atoms with Crippen molar-refractivity contribution in [3.8, 4) is 0 Å². The van der Waals surface area contributed by atoms with Gasteiger partial charge >= 0.3 is 0 Å². The van der Waals surface area contributed by atoms with E-state index in [-0.39, 0.29) is 23.7 Å². The summed E-state index contributed by atoms with van der Waals surface area (Å²) in [5.74, 6) is -2.70. The van der Waals surface area contributed by atoms with Gasteiger partial charge in [0.25, 0.3) is 5.92 Å². The normalized spacial score (nSPS) is 42.7. The molecule has 1 heterocycles. The van der Waals surface area contributed by atoms with Crippen LogP contribution in [0.4, 0.5) is 8.78 Å². The molecule has 3 heteroatoms. The molecule has 1 aliphatic carbocycles. The Kier molecular flexibility index (Phi) is 2.10. The molecule has 0 bridgehead atoms. The molecular weight excluding hydrogens is 172 g/mol. The molecule has 1 N–H and O–H groups in total. The van der Waals surface area contributed by atoms with Gasteiger partial charge in [0.2, 0.25) is 0 Å². The fraction of sp³-hybridized carbons (Fsp3) is 1.00. The summed E-state index contributed by atoms with van der Waals surface area (Å²) in [4.78, 5) is 0. The van der Waals surface area contributed by atoms with Gasteiger partial charge in [-0.05, 0) is 31.3 Å². The highest BCUT2D eigenvalue weighted by Gasteiger charge is 2.70. The van der Waals surface area contributed by atoms with Crippen LogP contribution in [0.3, 0.4) is 0 Å². The first kappa shape index (κ1) is 9.38. The summed E-state index contributed by atoms with van der Waals surface area (Å²) >= 11 is 0. The number of alkyl halides is 2. The molecule has 0 radical (unpaired) electrons. The Morgan fingerprint density at radius 2 is 2.08 bits per heavy atom. The summed E-state index contributed by atoms with van der Waals surface area (Å²) in [6.07, 6.45) is 0.934. The third-order valence-corrected chi connectivity index (χ3v) is 3.49. The van der Waals surface area contributed by atoms with Gasteiger partial charge in [0.15, 0.2) is 0 Å². The summed E-state index contributed by atoms with van der Waals surface area (Å²) in [5.41, 5.74) is 0. The number of nitrogens with one attached hydrogen (secondary N) is 1. The molecule has 1 nitrogen and oxygen atoms in total. The van der Waals surface area contributed by atoms with Crippen LogP contribution >= 0.6 is 0 Å². The first-order valence-corrected chi connectivity index (χ1v) is 5.13. The quantitative estimate of drug-likeness (QED) is 0.701. The standard InChI is InChI=1S/C10H17F2N/c1-6(2)8-9(10(8,11)12)7-3-4-13-5-7/h6-9,13H,3-5H2,1-2H3. The molecule has 76 valence electrons. The minimum absolute atomic E-state index is 0.126. The number of halogens is 2. The van der Waals surface area contributed by atoms with E-state index in [1.54, 1.807) is 0 Å². The lowest BCUT2D eigenvalue weighted by Crippen LogP contribution is -2.13. The zero-order valence-electron chi connectivity index (χ0n) is 8.19. The monoisotopic (exact) mass is 189 g/mol. The van der Waals surface area contributed by atoms with Crippen molar-refractivity contribution >= 4 is 0 Å². The van der Waals surface area contributed by atoms with E-state index in [1.807, 2.05) is 13.8 Å². The lowest BCUT2D eigenvalue weighted by molar-refractivity contribution is 0.0694. The van der Waals surface area contributed by atoms with Gasteiger partial charge in [0, 0.05) is 11.8 Å². The number of rotatable bonds is 2. The number of hydrogen-bond acceptors (Lipinski definition) is 1. The topological polar surface area (TPSA) is 12.0 Å². The Balaban J connectivity index is 2.01. The van der Waals surface area contributed by atoms with Crippen LogP contribution in [-0.4, -0.2) is 19.0 Å². The van der Waals surface area contributed by atoms with E-state index in [1.165, 1.54) is 0 Å². The van der Waals surface area contributed by atoms with Crippen molar-refractivity contribution in [2.45, 2.75) is 26.2 Å². The Labute approximate surface area is 77.9 Å². The molecule has 1 saturated heterocycles. The first-order chi connectivity index (χ1) is 6.05. The average Bonchev–Trinajstić information content (AvgIpc) is 2.50. The lowest BCUT2D eigenvalue weighted by Gasteiger charge is -2.06. The van der Waals surface area contributed by atoms with Crippen LogP contribution in [0.15, 0.2) is 0 Å². The second-order valence-corrected chi connectivity index (χ2v) is 4.72. The van der Waals surface area contributed by atoms with Crippen molar-refractivity contribution in [3.63, 3.8) is 0 Å². The molecule has 3 atom stereocenters. The highest BCUT2D eigenvalue weighted by atomic mass is 19.3. The van der Waals surface area contributed by atoms with Crippen LogP contribution < -0.4 is 5.32 Å². The van der Waals surface area contributed by atoms with E-state index in [9.17, 15) is 8.78 Å². The first-order valence-electron chi connectivity index (χ1n) is 5.13. The van der Waals surface area contributed by atoms with Gasteiger partial charge in [0.05, 0.1) is 0 Å². The average molecular weight is 189 g/mol. The summed E-state index contributed by atoms with van der Waals surface area (Å²) in [7, 11) is 0. The minimum atomic E-state index is -2.37. The number of hydrogen-bond donors (Lipinski definition) is 1. The molecule has 3 unspecified atom stereocenters. The molecule has 0 amide bonds. The maximum Gasteiger partial charge on any atom is 0.255 e. The predicted molar refractivity (Wildman–Crippen MR) is 47.7 cm³/mol. The molecule has 2 rings (SSSR count). The largest absolute Gasteiger partial charge is 0.316 e. The SMILES string of the molecule is CC(C)C1C(C2CCNC2)C1(F)F. The highest BCUT2D eigenvalue weighted by molar-refractivity contribution is 5.10. The molecular formula is C10H17F2N. The van der Waals surface area contributed by atoms with Crippen LogP contribution in [0.2, 0.25) is 0 Å². The van der Waals surface area contributed by atoms with Crippen LogP contribution in [-0.2, 0) is 0 Å². The fourth-order valence-corrected chi connectivity index (χ4v) is 2.83. The lowest BCUT2D eigenvalue weighted by atomic mass is 9.97. The van der Waals surface area contributed by atoms with E-state index in [0.29, 0.717) is 0 Å². The predicted octanol–water partition coefficient (Wildman–Crippen LogP) is 2.13. The zero-order chi connectivity index (χ0) is 9.64. The van der Waals surface area contributed by atoms with Gasteiger partial charge in [-0.1, -0.05) is 13.8 Å². The Hall–Kier alpha value is -0.180. The molecule has 2 fully saturated rings. The van der Waals surface area contributed by atoms with Crippen molar-refractivity contribution in [1.29, 1.82) is 0 Å². The molecule has 0 aromatic rings. The van der Waals surface area contributed by atoms with E-state index in [2.05, 4.69) is 5.32 Å². The van der Waals surface area contributed by atoms with E-state index >= 15 is 0 Å². The highest BCUT2D eigenvalue weighted by Crippen LogP contribution is 2.62.